The van der Waals surface area contributed by atoms with Gasteiger partial charge in [0, 0.05) is 18.0 Å². The van der Waals surface area contributed by atoms with Crippen LogP contribution in [0.15, 0.2) is 10.7 Å². The monoisotopic (exact) mass is 309 g/mol. The number of nitrogens with one attached hydrogen (secondary N) is 1. The Balaban J connectivity index is 2.46. The van der Waals surface area contributed by atoms with E-state index < -0.39 is 0 Å². The van der Waals surface area contributed by atoms with Gasteiger partial charge in [0.05, 0.1) is 4.47 Å². The first-order valence-corrected chi connectivity index (χ1v) is 7.04. The summed E-state index contributed by atoms with van der Waals surface area (Å²) in [6, 6.07) is 0. The van der Waals surface area contributed by atoms with Crippen LogP contribution in [-0.4, -0.2) is 28.0 Å². The second-order valence-corrected chi connectivity index (χ2v) is 5.57. The second-order valence-electron chi connectivity index (χ2n) is 3.10. The summed E-state index contributed by atoms with van der Waals surface area (Å²) in [6.45, 7) is 3.09. The number of nitrogens with zero attached hydrogens (tertiary/aromatic N) is 2. The Kier molecular flexibility index (Phi) is 5.71. The molecule has 0 saturated carbocycles. The van der Waals surface area contributed by atoms with E-state index in [9.17, 15) is 0 Å². The molecule has 1 heterocycles. The minimum Gasteiger partial charge on any atom is -0.369 e. The molecule has 1 rings (SSSR count). The maximum absolute atomic E-state index is 5.70. The van der Waals surface area contributed by atoms with E-state index in [1.807, 2.05) is 11.8 Å². The van der Waals surface area contributed by atoms with Crippen molar-refractivity contribution in [1.82, 2.24) is 9.97 Å². The fourth-order valence-electron chi connectivity index (χ4n) is 0.981. The first-order chi connectivity index (χ1) is 7.13. The Morgan fingerprint density at radius 2 is 2.40 bits per heavy atom. The van der Waals surface area contributed by atoms with Gasteiger partial charge in [-0.2, -0.15) is 16.7 Å². The van der Waals surface area contributed by atoms with Crippen molar-refractivity contribution in [2.24, 2.45) is 0 Å². The largest absolute Gasteiger partial charge is 0.369 e. The summed E-state index contributed by atoms with van der Waals surface area (Å²) in [5.41, 5.74) is 0. The first-order valence-electron chi connectivity index (χ1n) is 4.58. The Morgan fingerprint density at radius 3 is 3.07 bits per heavy atom. The Bertz CT molecular complexity index is 324. The maximum Gasteiger partial charge on any atom is 0.224 e. The number of aromatic nitrogens is 2. The molecule has 6 heteroatoms. The van der Waals surface area contributed by atoms with Crippen molar-refractivity contribution in [3.8, 4) is 0 Å². The molecule has 0 bridgehead atoms. The Labute approximate surface area is 108 Å². The molecule has 0 aliphatic heterocycles. The lowest BCUT2D eigenvalue weighted by Crippen LogP contribution is -2.09. The molecule has 0 spiro atoms. The van der Waals surface area contributed by atoms with Gasteiger partial charge in [0.2, 0.25) is 5.28 Å². The van der Waals surface area contributed by atoms with E-state index in [0.29, 0.717) is 5.25 Å². The van der Waals surface area contributed by atoms with Crippen molar-refractivity contribution in [2.45, 2.75) is 18.6 Å². The average Bonchev–Trinajstić information content (AvgIpc) is 2.23. The predicted molar refractivity (Wildman–Crippen MR) is 70.8 cm³/mol. The molecule has 1 aromatic heterocycles. The van der Waals surface area contributed by atoms with Gasteiger partial charge in [0.15, 0.2) is 0 Å². The van der Waals surface area contributed by atoms with Crippen LogP contribution in [0.1, 0.15) is 13.3 Å². The van der Waals surface area contributed by atoms with Gasteiger partial charge in [0.1, 0.15) is 5.82 Å². The molecule has 0 fully saturated rings. The molecule has 0 radical (unpaired) electrons. The van der Waals surface area contributed by atoms with Crippen LogP contribution in [0, 0.1) is 0 Å². The summed E-state index contributed by atoms with van der Waals surface area (Å²) in [4.78, 5) is 7.95. The zero-order valence-electron chi connectivity index (χ0n) is 8.63. The molecule has 0 aliphatic carbocycles. The van der Waals surface area contributed by atoms with E-state index in [-0.39, 0.29) is 5.28 Å². The fraction of sp³-hybridized carbons (Fsp3) is 0.556. The highest BCUT2D eigenvalue weighted by molar-refractivity contribution is 9.10. The highest BCUT2D eigenvalue weighted by Crippen LogP contribution is 2.20. The minimum absolute atomic E-state index is 0.263. The lowest BCUT2D eigenvalue weighted by Gasteiger charge is -2.10. The average molecular weight is 311 g/mol. The number of hydrogen-bond acceptors (Lipinski definition) is 4. The zero-order valence-corrected chi connectivity index (χ0v) is 11.8. The number of hydrogen-bond donors (Lipinski definition) is 1. The van der Waals surface area contributed by atoms with Crippen LogP contribution in [0.4, 0.5) is 5.82 Å². The quantitative estimate of drug-likeness (QED) is 0.845. The molecular weight excluding hydrogens is 298 g/mol. The van der Waals surface area contributed by atoms with Crippen molar-refractivity contribution in [1.29, 1.82) is 0 Å². The van der Waals surface area contributed by atoms with Crippen LogP contribution in [0.2, 0.25) is 5.28 Å². The van der Waals surface area contributed by atoms with Gasteiger partial charge in [-0.15, -0.1) is 0 Å². The molecule has 0 aliphatic rings. The predicted octanol–water partition coefficient (Wildman–Crippen LogP) is 3.45. The van der Waals surface area contributed by atoms with Crippen LogP contribution >= 0.6 is 39.3 Å². The van der Waals surface area contributed by atoms with E-state index in [1.54, 1.807) is 6.20 Å². The SMILES string of the molecule is CSC(C)CCNc1nc(Cl)ncc1Br. The molecule has 1 N–H and O–H groups in total. The lowest BCUT2D eigenvalue weighted by molar-refractivity contribution is 0.848. The molecule has 1 unspecified atom stereocenters. The highest BCUT2D eigenvalue weighted by Gasteiger charge is 2.04. The van der Waals surface area contributed by atoms with Crippen LogP contribution in [0.5, 0.6) is 0 Å². The molecule has 0 saturated heterocycles. The molecule has 84 valence electrons. The van der Waals surface area contributed by atoms with E-state index in [4.69, 9.17) is 11.6 Å². The third-order valence-corrected chi connectivity index (χ3v) is 3.76. The third kappa shape index (κ3) is 4.57. The van der Waals surface area contributed by atoms with Gasteiger partial charge in [-0.25, -0.2) is 4.98 Å². The molecule has 1 aromatic rings. The molecule has 0 aromatic carbocycles. The molecule has 1 atom stereocenters. The smallest absolute Gasteiger partial charge is 0.224 e. The summed E-state index contributed by atoms with van der Waals surface area (Å²) in [5.74, 6) is 0.753. The van der Waals surface area contributed by atoms with Crippen molar-refractivity contribution >= 4 is 45.1 Å². The van der Waals surface area contributed by atoms with Gasteiger partial charge in [-0.05, 0) is 40.2 Å². The van der Waals surface area contributed by atoms with Gasteiger partial charge in [-0.1, -0.05) is 6.92 Å². The number of halogens is 2. The van der Waals surface area contributed by atoms with Crippen LogP contribution < -0.4 is 5.32 Å². The normalized spacial score (nSPS) is 12.5. The van der Waals surface area contributed by atoms with Crippen molar-refractivity contribution in [3.63, 3.8) is 0 Å². The van der Waals surface area contributed by atoms with Crippen molar-refractivity contribution < 1.29 is 0 Å². The topological polar surface area (TPSA) is 37.8 Å². The van der Waals surface area contributed by atoms with Gasteiger partial charge in [-0.3, -0.25) is 0 Å². The lowest BCUT2D eigenvalue weighted by atomic mass is 10.3. The van der Waals surface area contributed by atoms with E-state index in [0.717, 1.165) is 23.3 Å². The molecule has 15 heavy (non-hydrogen) atoms. The number of rotatable bonds is 5. The second kappa shape index (κ2) is 6.55. The summed E-state index contributed by atoms with van der Waals surface area (Å²) in [5, 5.41) is 4.13. The van der Waals surface area contributed by atoms with Crippen LogP contribution in [-0.2, 0) is 0 Å². The Morgan fingerprint density at radius 1 is 1.67 bits per heavy atom. The molecular formula is C9H13BrClN3S. The van der Waals surface area contributed by atoms with Gasteiger partial charge in [0.25, 0.3) is 0 Å². The molecule has 3 nitrogen and oxygen atoms in total. The van der Waals surface area contributed by atoms with Gasteiger partial charge < -0.3 is 5.32 Å². The number of anilines is 1. The van der Waals surface area contributed by atoms with Crippen LogP contribution in [0.25, 0.3) is 0 Å². The molecule has 0 amide bonds. The summed E-state index contributed by atoms with van der Waals surface area (Å²) < 4.78 is 0.837. The standard InChI is InChI=1S/C9H13BrClN3S/c1-6(15-2)3-4-12-8-7(10)5-13-9(11)14-8/h5-6H,3-4H2,1-2H3,(H,12,13,14). The van der Waals surface area contributed by atoms with Crippen LogP contribution in [0.3, 0.4) is 0 Å². The minimum atomic E-state index is 0.263. The first kappa shape index (κ1) is 13.1. The fourth-order valence-corrected chi connectivity index (χ4v) is 1.80. The zero-order chi connectivity index (χ0) is 11.3. The summed E-state index contributed by atoms with van der Waals surface area (Å²) >= 11 is 10.9. The van der Waals surface area contributed by atoms with E-state index >= 15 is 0 Å². The van der Waals surface area contributed by atoms with Crippen molar-refractivity contribution in [2.75, 3.05) is 18.1 Å². The van der Waals surface area contributed by atoms with Gasteiger partial charge >= 0.3 is 0 Å². The summed E-state index contributed by atoms with van der Waals surface area (Å²) in [6.07, 6.45) is 4.85. The van der Waals surface area contributed by atoms with E-state index in [1.165, 1.54) is 0 Å². The highest BCUT2D eigenvalue weighted by atomic mass is 79.9. The summed E-state index contributed by atoms with van der Waals surface area (Å²) in [7, 11) is 0. The van der Waals surface area contributed by atoms with E-state index in [2.05, 4.69) is 44.4 Å². The number of thioether (sulfide) groups is 1. The van der Waals surface area contributed by atoms with Crippen molar-refractivity contribution in [3.05, 3.63) is 16.0 Å². The third-order valence-electron chi connectivity index (χ3n) is 1.96. The maximum atomic E-state index is 5.70. The Hall–Kier alpha value is -0.000000000000000111.